The van der Waals surface area contributed by atoms with E-state index >= 15 is 0 Å². The van der Waals surface area contributed by atoms with Gasteiger partial charge in [0.2, 0.25) is 0 Å². The summed E-state index contributed by atoms with van der Waals surface area (Å²) in [4.78, 5) is 15.7. The van der Waals surface area contributed by atoms with E-state index in [4.69, 9.17) is 4.42 Å². The summed E-state index contributed by atoms with van der Waals surface area (Å²) < 4.78 is 7.38. The number of oxazole rings is 1. The lowest BCUT2D eigenvalue weighted by molar-refractivity contribution is 0.528. The van der Waals surface area contributed by atoms with Gasteiger partial charge in [0.25, 0.3) is 0 Å². The van der Waals surface area contributed by atoms with Gasteiger partial charge in [-0.25, -0.2) is 9.78 Å². The molecule has 6 heteroatoms. The molecule has 0 saturated heterocycles. The summed E-state index contributed by atoms with van der Waals surface area (Å²) in [6, 6.07) is 5.60. The molecular formula is C11H7BrN2O2S. The molecule has 3 aromatic rings. The number of halogens is 1. The first-order chi connectivity index (χ1) is 8.15. The van der Waals surface area contributed by atoms with Crippen LogP contribution in [0.3, 0.4) is 0 Å². The largest absolute Gasteiger partial charge is 0.419 e. The molecular weight excluding hydrogens is 304 g/mol. The number of hydrogen-bond donors (Lipinski definition) is 0. The summed E-state index contributed by atoms with van der Waals surface area (Å²) in [5.74, 6) is -0.350. The summed E-state index contributed by atoms with van der Waals surface area (Å²) in [7, 11) is 1.69. The van der Waals surface area contributed by atoms with Crippen LogP contribution in [0, 0.1) is 0 Å². The maximum atomic E-state index is 11.4. The fourth-order valence-electron chi connectivity index (χ4n) is 1.65. The summed E-state index contributed by atoms with van der Waals surface area (Å²) in [5, 5.41) is 2.83. The molecule has 0 radical (unpaired) electrons. The Morgan fingerprint density at radius 1 is 1.47 bits per heavy atom. The molecule has 0 fully saturated rings. The van der Waals surface area contributed by atoms with Gasteiger partial charge in [0.15, 0.2) is 5.58 Å². The predicted molar refractivity (Wildman–Crippen MR) is 70.3 cm³/mol. The molecule has 0 atom stereocenters. The van der Waals surface area contributed by atoms with Gasteiger partial charge in [-0.2, -0.15) is 0 Å². The standard InChI is InChI=1S/C11H7BrN2O2S/c1-14-7-4-6(10-13-9(12)5-17-10)2-3-8(7)16-11(14)15/h2-5H,1H3. The number of fused-ring (bicyclic) bond motifs is 1. The minimum Gasteiger partial charge on any atom is -0.408 e. The second-order valence-corrected chi connectivity index (χ2v) is 5.26. The van der Waals surface area contributed by atoms with Crippen molar-refractivity contribution < 1.29 is 4.42 Å². The van der Waals surface area contributed by atoms with Crippen LogP contribution >= 0.6 is 27.3 Å². The van der Waals surface area contributed by atoms with Crippen molar-refractivity contribution >= 4 is 38.4 Å². The quantitative estimate of drug-likeness (QED) is 0.694. The molecule has 0 spiro atoms. The molecule has 2 aromatic heterocycles. The summed E-state index contributed by atoms with van der Waals surface area (Å²) in [6.07, 6.45) is 0. The first-order valence-corrected chi connectivity index (χ1v) is 6.53. The zero-order valence-corrected chi connectivity index (χ0v) is 11.2. The topological polar surface area (TPSA) is 48.0 Å². The van der Waals surface area contributed by atoms with Crippen LogP contribution < -0.4 is 5.76 Å². The maximum absolute atomic E-state index is 11.4. The zero-order valence-electron chi connectivity index (χ0n) is 8.81. The van der Waals surface area contributed by atoms with Crippen molar-refractivity contribution in [1.82, 2.24) is 9.55 Å². The zero-order chi connectivity index (χ0) is 12.0. The number of hydrogen-bond acceptors (Lipinski definition) is 4. The lowest BCUT2D eigenvalue weighted by Gasteiger charge is -1.96. The van der Waals surface area contributed by atoms with Crippen molar-refractivity contribution in [2.75, 3.05) is 0 Å². The number of aryl methyl sites for hydroxylation is 1. The Hall–Kier alpha value is -1.40. The van der Waals surface area contributed by atoms with Crippen molar-refractivity contribution in [3.8, 4) is 10.6 Å². The highest BCUT2D eigenvalue weighted by Gasteiger charge is 2.09. The van der Waals surface area contributed by atoms with Crippen LogP contribution in [0.5, 0.6) is 0 Å². The van der Waals surface area contributed by atoms with Crippen LogP contribution in [0.15, 0.2) is 37.4 Å². The minimum absolute atomic E-state index is 0.350. The third-order valence-corrected chi connectivity index (χ3v) is 4.12. The van der Waals surface area contributed by atoms with E-state index in [2.05, 4.69) is 20.9 Å². The third kappa shape index (κ3) is 1.73. The number of nitrogens with zero attached hydrogens (tertiary/aromatic N) is 2. The maximum Gasteiger partial charge on any atom is 0.419 e. The average Bonchev–Trinajstić information content (AvgIpc) is 2.85. The van der Waals surface area contributed by atoms with Gasteiger partial charge in [0.05, 0.1) is 5.52 Å². The Kier molecular flexibility index (Phi) is 2.41. The first-order valence-electron chi connectivity index (χ1n) is 4.86. The predicted octanol–water partition coefficient (Wildman–Crippen LogP) is 3.02. The van der Waals surface area contributed by atoms with Gasteiger partial charge in [-0.3, -0.25) is 4.57 Å². The molecule has 0 amide bonds. The van der Waals surface area contributed by atoms with E-state index < -0.39 is 0 Å². The lowest BCUT2D eigenvalue weighted by atomic mass is 10.2. The molecule has 2 heterocycles. The van der Waals surface area contributed by atoms with E-state index in [1.54, 1.807) is 24.5 Å². The van der Waals surface area contributed by atoms with Gasteiger partial charge in [-0.1, -0.05) is 0 Å². The highest BCUT2D eigenvalue weighted by Crippen LogP contribution is 2.28. The fourth-order valence-corrected chi connectivity index (χ4v) is 2.90. The number of thiazole rings is 1. The van der Waals surface area contributed by atoms with Crippen molar-refractivity contribution in [2.24, 2.45) is 7.05 Å². The van der Waals surface area contributed by atoms with Crippen molar-refractivity contribution in [3.05, 3.63) is 38.7 Å². The van der Waals surface area contributed by atoms with Crippen molar-refractivity contribution in [2.45, 2.75) is 0 Å². The van der Waals surface area contributed by atoms with Crippen LogP contribution in [0.4, 0.5) is 0 Å². The molecule has 17 heavy (non-hydrogen) atoms. The van der Waals surface area contributed by atoms with E-state index in [1.807, 2.05) is 17.5 Å². The van der Waals surface area contributed by atoms with E-state index in [9.17, 15) is 4.79 Å². The summed E-state index contributed by atoms with van der Waals surface area (Å²) >= 11 is 4.87. The number of aromatic nitrogens is 2. The van der Waals surface area contributed by atoms with Gasteiger partial charge in [0, 0.05) is 18.0 Å². The van der Waals surface area contributed by atoms with Crippen molar-refractivity contribution in [3.63, 3.8) is 0 Å². The molecule has 0 aliphatic heterocycles. The molecule has 0 N–H and O–H groups in total. The van der Waals surface area contributed by atoms with Crippen LogP contribution in [0.1, 0.15) is 0 Å². The molecule has 0 saturated carbocycles. The second-order valence-electron chi connectivity index (χ2n) is 3.58. The van der Waals surface area contributed by atoms with Crippen LogP contribution in [0.2, 0.25) is 0 Å². The summed E-state index contributed by atoms with van der Waals surface area (Å²) in [5.41, 5.74) is 2.35. The molecule has 0 bridgehead atoms. The van der Waals surface area contributed by atoms with Gasteiger partial charge in [0.1, 0.15) is 9.61 Å². The number of benzene rings is 1. The normalized spacial score (nSPS) is 11.2. The van der Waals surface area contributed by atoms with Gasteiger partial charge in [-0.15, -0.1) is 11.3 Å². The van der Waals surface area contributed by atoms with E-state index in [0.29, 0.717) is 5.58 Å². The Morgan fingerprint density at radius 3 is 3.00 bits per heavy atom. The fraction of sp³-hybridized carbons (Fsp3) is 0.0909. The Bertz CT molecular complexity index is 756. The Morgan fingerprint density at radius 2 is 2.29 bits per heavy atom. The van der Waals surface area contributed by atoms with Crippen LogP contribution in [-0.4, -0.2) is 9.55 Å². The molecule has 0 aliphatic carbocycles. The minimum atomic E-state index is -0.350. The molecule has 3 rings (SSSR count). The van der Waals surface area contributed by atoms with Crippen LogP contribution in [0.25, 0.3) is 21.7 Å². The third-order valence-electron chi connectivity index (χ3n) is 2.51. The average molecular weight is 311 g/mol. The lowest BCUT2D eigenvalue weighted by Crippen LogP contribution is -2.08. The molecule has 0 unspecified atom stereocenters. The highest BCUT2D eigenvalue weighted by atomic mass is 79.9. The summed E-state index contributed by atoms with van der Waals surface area (Å²) in [6.45, 7) is 0. The monoisotopic (exact) mass is 310 g/mol. The van der Waals surface area contributed by atoms with Gasteiger partial charge < -0.3 is 4.42 Å². The highest BCUT2D eigenvalue weighted by molar-refractivity contribution is 9.10. The first kappa shape index (κ1) is 10.7. The van der Waals surface area contributed by atoms with E-state index in [0.717, 1.165) is 20.7 Å². The van der Waals surface area contributed by atoms with E-state index in [1.165, 1.54) is 4.57 Å². The van der Waals surface area contributed by atoms with Crippen molar-refractivity contribution in [1.29, 1.82) is 0 Å². The smallest absolute Gasteiger partial charge is 0.408 e. The molecule has 86 valence electrons. The molecule has 1 aromatic carbocycles. The van der Waals surface area contributed by atoms with Crippen LogP contribution in [-0.2, 0) is 7.05 Å². The SMILES string of the molecule is Cn1c(=O)oc2ccc(-c3nc(Br)cs3)cc21. The molecule has 0 aliphatic rings. The number of rotatable bonds is 1. The van der Waals surface area contributed by atoms with Gasteiger partial charge >= 0.3 is 5.76 Å². The second kappa shape index (κ2) is 3.82. The Balaban J connectivity index is 2.25. The van der Waals surface area contributed by atoms with Gasteiger partial charge in [-0.05, 0) is 34.1 Å². The Labute approximate surface area is 109 Å². The molecule has 4 nitrogen and oxygen atoms in total. The van der Waals surface area contributed by atoms with E-state index in [-0.39, 0.29) is 5.76 Å².